The van der Waals surface area contributed by atoms with Gasteiger partial charge in [-0.25, -0.2) is 5.43 Å². The molecule has 0 aliphatic rings. The second-order valence-electron chi connectivity index (χ2n) is 5.14. The van der Waals surface area contributed by atoms with Crippen molar-refractivity contribution >= 4 is 44.0 Å². The van der Waals surface area contributed by atoms with Crippen molar-refractivity contribution in [2.75, 3.05) is 0 Å². The van der Waals surface area contributed by atoms with Gasteiger partial charge in [0.25, 0.3) is 5.91 Å². The Labute approximate surface area is 161 Å². The number of aromatic nitrogens is 1. The lowest BCUT2D eigenvalue weighted by Crippen LogP contribution is -2.19. The lowest BCUT2D eigenvalue weighted by Gasteiger charge is -2.09. The highest BCUT2D eigenvalue weighted by Crippen LogP contribution is 2.32. The predicted molar refractivity (Wildman–Crippen MR) is 104 cm³/mol. The van der Waals surface area contributed by atoms with E-state index in [-0.39, 0.29) is 11.7 Å². The number of hydrazone groups is 1. The average Bonchev–Trinajstić information content (AvgIpc) is 3.14. The summed E-state index contributed by atoms with van der Waals surface area (Å²) in [5.41, 5.74) is 4.54. The molecule has 0 spiro atoms. The summed E-state index contributed by atoms with van der Waals surface area (Å²) in [6, 6.07) is 14.5. The van der Waals surface area contributed by atoms with Gasteiger partial charge in [0, 0.05) is 12.4 Å². The van der Waals surface area contributed by atoms with E-state index in [9.17, 15) is 9.90 Å². The number of nitrogens with one attached hydrogen (secondary N) is 1. The zero-order valence-electron chi connectivity index (χ0n) is 12.9. The Hall–Kier alpha value is -2.38. The molecule has 3 aromatic rings. The van der Waals surface area contributed by atoms with Crippen LogP contribution in [0.2, 0.25) is 0 Å². The SMILES string of the molecule is O=C(N/N=C/c1cc(Br)c(O)c(Br)c1)c1ccccc1-n1cccc1. The number of carbonyl (C=O) groups excluding carboxylic acids is 1. The molecule has 0 bridgehead atoms. The number of aromatic hydroxyl groups is 1. The van der Waals surface area contributed by atoms with Gasteiger partial charge in [-0.3, -0.25) is 4.79 Å². The minimum Gasteiger partial charge on any atom is -0.506 e. The zero-order valence-corrected chi connectivity index (χ0v) is 16.0. The highest BCUT2D eigenvalue weighted by atomic mass is 79.9. The fourth-order valence-electron chi connectivity index (χ4n) is 2.27. The number of halogens is 2. The maximum Gasteiger partial charge on any atom is 0.273 e. The molecule has 1 heterocycles. The number of benzene rings is 2. The zero-order chi connectivity index (χ0) is 17.8. The van der Waals surface area contributed by atoms with Crippen molar-refractivity contribution in [2.24, 2.45) is 5.10 Å². The van der Waals surface area contributed by atoms with Crippen LogP contribution in [-0.2, 0) is 0 Å². The van der Waals surface area contributed by atoms with Gasteiger partial charge in [0.15, 0.2) is 0 Å². The van der Waals surface area contributed by atoms with Gasteiger partial charge in [-0.15, -0.1) is 0 Å². The van der Waals surface area contributed by atoms with Crippen molar-refractivity contribution in [3.63, 3.8) is 0 Å². The third kappa shape index (κ3) is 4.00. The molecule has 0 saturated carbocycles. The second kappa shape index (κ2) is 7.67. The first-order valence-corrected chi connectivity index (χ1v) is 8.88. The van der Waals surface area contributed by atoms with Gasteiger partial charge in [-0.2, -0.15) is 5.10 Å². The first-order chi connectivity index (χ1) is 12.1. The number of phenols is 1. The Kier molecular flexibility index (Phi) is 5.35. The molecule has 0 aliphatic carbocycles. The van der Waals surface area contributed by atoms with Crippen LogP contribution in [0.25, 0.3) is 5.69 Å². The summed E-state index contributed by atoms with van der Waals surface area (Å²) >= 11 is 6.51. The molecular formula is C18H13Br2N3O2. The van der Waals surface area contributed by atoms with Crippen molar-refractivity contribution in [1.82, 2.24) is 9.99 Å². The van der Waals surface area contributed by atoms with Crippen LogP contribution in [0.5, 0.6) is 5.75 Å². The number of carbonyl (C=O) groups is 1. The fourth-order valence-corrected chi connectivity index (χ4v) is 3.49. The van der Waals surface area contributed by atoms with E-state index >= 15 is 0 Å². The molecule has 0 atom stereocenters. The summed E-state index contributed by atoms with van der Waals surface area (Å²) in [4.78, 5) is 12.4. The summed E-state index contributed by atoms with van der Waals surface area (Å²) in [6.45, 7) is 0. The Morgan fingerprint density at radius 3 is 2.40 bits per heavy atom. The minimum absolute atomic E-state index is 0.113. The van der Waals surface area contributed by atoms with E-state index in [2.05, 4.69) is 42.4 Å². The highest BCUT2D eigenvalue weighted by Gasteiger charge is 2.11. The van der Waals surface area contributed by atoms with Crippen molar-refractivity contribution in [3.8, 4) is 11.4 Å². The number of para-hydroxylation sites is 1. The largest absolute Gasteiger partial charge is 0.506 e. The van der Waals surface area contributed by atoms with E-state index in [1.165, 1.54) is 6.21 Å². The van der Waals surface area contributed by atoms with Crippen LogP contribution in [0.4, 0.5) is 0 Å². The second-order valence-corrected chi connectivity index (χ2v) is 6.85. The fraction of sp³-hybridized carbons (Fsp3) is 0. The summed E-state index contributed by atoms with van der Waals surface area (Å²) in [6.07, 6.45) is 5.26. The average molecular weight is 463 g/mol. The van der Waals surface area contributed by atoms with Gasteiger partial charge in [0.05, 0.1) is 26.4 Å². The predicted octanol–water partition coefficient (Wildman–Crippen LogP) is 4.47. The molecular weight excluding hydrogens is 450 g/mol. The van der Waals surface area contributed by atoms with Crippen LogP contribution >= 0.6 is 31.9 Å². The quantitative estimate of drug-likeness (QED) is 0.443. The van der Waals surface area contributed by atoms with E-state index < -0.39 is 0 Å². The molecule has 1 amide bonds. The first kappa shape index (κ1) is 17.4. The summed E-state index contributed by atoms with van der Waals surface area (Å²) in [7, 11) is 0. The molecule has 1 aromatic heterocycles. The Balaban J connectivity index is 1.78. The number of nitrogens with zero attached hydrogens (tertiary/aromatic N) is 2. The van der Waals surface area contributed by atoms with Gasteiger partial charge in [0.2, 0.25) is 0 Å². The van der Waals surface area contributed by atoms with Crippen LogP contribution in [0, 0.1) is 0 Å². The number of amides is 1. The molecule has 0 unspecified atom stereocenters. The third-order valence-electron chi connectivity index (χ3n) is 3.45. The van der Waals surface area contributed by atoms with Gasteiger partial charge in [0.1, 0.15) is 5.75 Å². The lowest BCUT2D eigenvalue weighted by atomic mass is 10.1. The van der Waals surface area contributed by atoms with E-state index in [1.807, 2.05) is 41.2 Å². The van der Waals surface area contributed by atoms with Gasteiger partial charge >= 0.3 is 0 Å². The van der Waals surface area contributed by atoms with Crippen molar-refractivity contribution in [3.05, 3.63) is 81.0 Å². The Bertz CT molecular complexity index is 914. The lowest BCUT2D eigenvalue weighted by molar-refractivity contribution is 0.0955. The third-order valence-corrected chi connectivity index (χ3v) is 4.66. The summed E-state index contributed by atoms with van der Waals surface area (Å²) in [5, 5.41) is 13.7. The van der Waals surface area contributed by atoms with Crippen LogP contribution in [0.15, 0.2) is 75.0 Å². The molecule has 0 saturated heterocycles. The van der Waals surface area contributed by atoms with E-state index in [4.69, 9.17) is 0 Å². The topological polar surface area (TPSA) is 66.6 Å². The van der Waals surface area contributed by atoms with Crippen LogP contribution < -0.4 is 5.43 Å². The smallest absolute Gasteiger partial charge is 0.273 e. The molecule has 0 aliphatic heterocycles. The Morgan fingerprint density at radius 2 is 1.72 bits per heavy atom. The van der Waals surface area contributed by atoms with E-state index in [0.29, 0.717) is 14.5 Å². The molecule has 0 radical (unpaired) electrons. The van der Waals surface area contributed by atoms with Crippen LogP contribution in [0.3, 0.4) is 0 Å². The maximum atomic E-state index is 12.4. The van der Waals surface area contributed by atoms with Crippen LogP contribution in [0.1, 0.15) is 15.9 Å². The van der Waals surface area contributed by atoms with Gasteiger partial charge in [-0.1, -0.05) is 12.1 Å². The number of rotatable bonds is 4. The number of hydrogen-bond donors (Lipinski definition) is 2. The molecule has 7 heteroatoms. The standard InChI is InChI=1S/C18H13Br2N3O2/c19-14-9-12(10-15(20)17(14)24)11-21-22-18(25)13-5-1-2-6-16(13)23-7-3-4-8-23/h1-11,24H,(H,22,25)/b21-11+. The molecule has 0 fully saturated rings. The van der Waals surface area contributed by atoms with Crippen molar-refractivity contribution < 1.29 is 9.90 Å². The number of phenolic OH excluding ortho intramolecular Hbond substituents is 1. The van der Waals surface area contributed by atoms with Crippen molar-refractivity contribution in [1.29, 1.82) is 0 Å². The highest BCUT2D eigenvalue weighted by molar-refractivity contribution is 9.11. The molecule has 126 valence electrons. The first-order valence-electron chi connectivity index (χ1n) is 7.30. The van der Waals surface area contributed by atoms with Gasteiger partial charge in [-0.05, 0) is 73.8 Å². The normalized spacial score (nSPS) is 11.0. The molecule has 25 heavy (non-hydrogen) atoms. The minimum atomic E-state index is -0.308. The number of hydrogen-bond acceptors (Lipinski definition) is 3. The van der Waals surface area contributed by atoms with Gasteiger partial charge < -0.3 is 9.67 Å². The molecule has 5 nitrogen and oxygen atoms in total. The van der Waals surface area contributed by atoms with Crippen molar-refractivity contribution in [2.45, 2.75) is 0 Å². The Morgan fingerprint density at radius 1 is 1.08 bits per heavy atom. The molecule has 3 rings (SSSR count). The molecule has 2 aromatic carbocycles. The molecule has 2 N–H and O–H groups in total. The van der Waals surface area contributed by atoms with E-state index in [1.54, 1.807) is 24.3 Å². The summed E-state index contributed by atoms with van der Waals surface area (Å²) in [5.74, 6) is -0.195. The van der Waals surface area contributed by atoms with Crippen LogP contribution in [-0.4, -0.2) is 21.8 Å². The maximum absolute atomic E-state index is 12.4. The van der Waals surface area contributed by atoms with E-state index in [0.717, 1.165) is 11.3 Å². The summed E-state index contributed by atoms with van der Waals surface area (Å²) < 4.78 is 2.94. The monoisotopic (exact) mass is 461 g/mol.